The van der Waals surface area contributed by atoms with E-state index >= 15 is 0 Å². The molecule has 0 fully saturated rings. The molecule has 1 aromatic carbocycles. The van der Waals surface area contributed by atoms with Gasteiger partial charge in [-0.1, -0.05) is 36.9 Å². The van der Waals surface area contributed by atoms with Crippen LogP contribution in [0.15, 0.2) is 53.9 Å². The molecule has 0 atom stereocenters. The molecule has 0 saturated carbocycles. The average molecular weight is 399 g/mol. The van der Waals surface area contributed by atoms with Crippen molar-refractivity contribution in [3.05, 3.63) is 60.2 Å². The highest BCUT2D eigenvalue weighted by atomic mass is 32.2. The van der Waals surface area contributed by atoms with Crippen molar-refractivity contribution in [2.24, 2.45) is 0 Å². The van der Waals surface area contributed by atoms with Crippen LogP contribution in [0.5, 0.6) is 0 Å². The fourth-order valence-electron chi connectivity index (χ4n) is 2.75. The van der Waals surface area contributed by atoms with Crippen LogP contribution in [-0.4, -0.2) is 38.0 Å². The van der Waals surface area contributed by atoms with Gasteiger partial charge in [-0.3, -0.25) is 9.78 Å². The molecule has 0 aliphatic heterocycles. The van der Waals surface area contributed by atoms with E-state index in [1.54, 1.807) is 30.6 Å². The number of carbonyl (C=O) groups excluding carboxylic acids is 1. The molecule has 0 spiro atoms. The summed E-state index contributed by atoms with van der Waals surface area (Å²) in [5.74, 6) is 0.641. The lowest BCUT2D eigenvalue weighted by Gasteiger charge is -2.09. The van der Waals surface area contributed by atoms with Gasteiger partial charge in [0.05, 0.1) is 5.75 Å². The van der Waals surface area contributed by atoms with Gasteiger partial charge in [0.2, 0.25) is 5.91 Å². The minimum atomic E-state index is -0.248. The number of thioether (sulfide) groups is 1. The van der Waals surface area contributed by atoms with Crippen molar-refractivity contribution in [2.75, 3.05) is 12.3 Å². The van der Waals surface area contributed by atoms with E-state index in [0.717, 1.165) is 24.4 Å². The highest BCUT2D eigenvalue weighted by Gasteiger charge is 2.15. The lowest BCUT2D eigenvalue weighted by atomic mass is 10.1. The van der Waals surface area contributed by atoms with Gasteiger partial charge in [-0.2, -0.15) is 0 Å². The molecule has 0 aliphatic rings. The van der Waals surface area contributed by atoms with Gasteiger partial charge in [-0.25, -0.2) is 4.39 Å². The van der Waals surface area contributed by atoms with Crippen LogP contribution in [-0.2, 0) is 17.8 Å². The Balaban J connectivity index is 1.56. The molecule has 3 rings (SSSR count). The third kappa shape index (κ3) is 5.16. The van der Waals surface area contributed by atoms with Crippen LogP contribution in [0.1, 0.15) is 18.9 Å². The van der Waals surface area contributed by atoms with Crippen LogP contribution in [0.3, 0.4) is 0 Å². The number of benzene rings is 1. The van der Waals surface area contributed by atoms with Gasteiger partial charge < -0.3 is 9.88 Å². The number of carbonyl (C=O) groups is 1. The maximum Gasteiger partial charge on any atom is 0.230 e. The van der Waals surface area contributed by atoms with Gasteiger partial charge in [0.1, 0.15) is 5.82 Å². The summed E-state index contributed by atoms with van der Waals surface area (Å²) in [6, 6.07) is 10.4. The molecule has 0 radical (unpaired) electrons. The Morgan fingerprint density at radius 2 is 1.96 bits per heavy atom. The molecule has 1 N–H and O–H groups in total. The summed E-state index contributed by atoms with van der Waals surface area (Å²) in [5, 5.41) is 12.1. The third-order valence-corrected chi connectivity index (χ3v) is 5.08. The van der Waals surface area contributed by atoms with Crippen LogP contribution < -0.4 is 5.32 Å². The van der Waals surface area contributed by atoms with E-state index in [4.69, 9.17) is 0 Å². The zero-order chi connectivity index (χ0) is 19.8. The second-order valence-corrected chi connectivity index (χ2v) is 7.12. The summed E-state index contributed by atoms with van der Waals surface area (Å²) in [7, 11) is 0. The van der Waals surface area contributed by atoms with Crippen molar-refractivity contribution in [1.29, 1.82) is 0 Å². The minimum absolute atomic E-state index is 0.113. The monoisotopic (exact) mass is 399 g/mol. The summed E-state index contributed by atoms with van der Waals surface area (Å²) in [6.45, 7) is 3.24. The number of hydrogen-bond donors (Lipinski definition) is 1. The number of amides is 1. The molecule has 0 aliphatic carbocycles. The van der Waals surface area contributed by atoms with E-state index in [2.05, 4.69) is 27.4 Å². The van der Waals surface area contributed by atoms with Crippen molar-refractivity contribution in [3.63, 3.8) is 0 Å². The van der Waals surface area contributed by atoms with Crippen molar-refractivity contribution >= 4 is 17.7 Å². The quantitative estimate of drug-likeness (QED) is 0.559. The van der Waals surface area contributed by atoms with Gasteiger partial charge in [-0.05, 0) is 36.6 Å². The molecule has 0 unspecified atom stereocenters. The Bertz CT molecular complexity index is 916. The standard InChI is InChI=1S/C20H22FN5OS/c1-2-13-26-19(16-7-10-22-11-8-16)24-25-20(26)28-14-18(27)23-12-9-15-5-3-4-6-17(15)21/h3-8,10-11H,2,9,12-14H2,1H3,(H,23,27). The summed E-state index contributed by atoms with van der Waals surface area (Å²) >= 11 is 1.35. The summed E-state index contributed by atoms with van der Waals surface area (Å²) in [4.78, 5) is 16.2. The largest absolute Gasteiger partial charge is 0.355 e. The molecule has 1 amide bonds. The van der Waals surface area contributed by atoms with Crippen LogP contribution in [0.25, 0.3) is 11.4 Å². The topological polar surface area (TPSA) is 72.7 Å². The molecular formula is C20H22FN5OS. The first-order chi connectivity index (χ1) is 13.7. The van der Waals surface area contributed by atoms with Crippen molar-refractivity contribution < 1.29 is 9.18 Å². The first-order valence-electron chi connectivity index (χ1n) is 9.15. The van der Waals surface area contributed by atoms with E-state index in [-0.39, 0.29) is 17.5 Å². The van der Waals surface area contributed by atoms with Crippen LogP contribution in [0, 0.1) is 5.82 Å². The SMILES string of the molecule is CCCn1c(SCC(=O)NCCc2ccccc2F)nnc1-c1ccncc1. The zero-order valence-corrected chi connectivity index (χ0v) is 16.5. The van der Waals surface area contributed by atoms with E-state index in [0.29, 0.717) is 23.7 Å². The molecule has 0 bridgehead atoms. The molecule has 0 saturated heterocycles. The fourth-order valence-corrected chi connectivity index (χ4v) is 3.55. The first-order valence-corrected chi connectivity index (χ1v) is 10.1. The Labute approximate surface area is 167 Å². The molecule has 146 valence electrons. The van der Waals surface area contributed by atoms with Gasteiger partial charge in [0, 0.05) is 31.0 Å². The molecule has 6 nitrogen and oxygen atoms in total. The summed E-state index contributed by atoms with van der Waals surface area (Å²) < 4.78 is 15.6. The van der Waals surface area contributed by atoms with E-state index in [1.807, 2.05) is 16.7 Å². The number of aromatic nitrogens is 4. The fraction of sp³-hybridized carbons (Fsp3) is 0.300. The Morgan fingerprint density at radius 1 is 1.18 bits per heavy atom. The molecular weight excluding hydrogens is 377 g/mol. The van der Waals surface area contributed by atoms with Crippen LogP contribution in [0.2, 0.25) is 0 Å². The lowest BCUT2D eigenvalue weighted by Crippen LogP contribution is -2.27. The third-order valence-electron chi connectivity index (χ3n) is 4.11. The number of nitrogens with one attached hydrogen (secondary N) is 1. The average Bonchev–Trinajstić information content (AvgIpc) is 3.11. The number of hydrogen-bond acceptors (Lipinski definition) is 5. The maximum absolute atomic E-state index is 13.6. The molecule has 2 aromatic heterocycles. The Morgan fingerprint density at radius 3 is 2.71 bits per heavy atom. The second-order valence-electron chi connectivity index (χ2n) is 6.17. The van der Waals surface area contributed by atoms with Gasteiger partial charge >= 0.3 is 0 Å². The second kappa shape index (κ2) is 9.98. The van der Waals surface area contributed by atoms with E-state index < -0.39 is 0 Å². The molecule has 28 heavy (non-hydrogen) atoms. The van der Waals surface area contributed by atoms with Crippen molar-refractivity contribution in [3.8, 4) is 11.4 Å². The normalized spacial score (nSPS) is 10.8. The molecule has 2 heterocycles. The van der Waals surface area contributed by atoms with E-state index in [1.165, 1.54) is 17.8 Å². The lowest BCUT2D eigenvalue weighted by molar-refractivity contribution is -0.118. The number of rotatable bonds is 9. The summed E-state index contributed by atoms with van der Waals surface area (Å²) in [5.41, 5.74) is 1.54. The highest BCUT2D eigenvalue weighted by molar-refractivity contribution is 7.99. The zero-order valence-electron chi connectivity index (χ0n) is 15.6. The number of nitrogens with zero attached hydrogens (tertiary/aromatic N) is 4. The predicted molar refractivity (Wildman–Crippen MR) is 107 cm³/mol. The highest BCUT2D eigenvalue weighted by Crippen LogP contribution is 2.23. The van der Waals surface area contributed by atoms with Crippen molar-refractivity contribution in [2.45, 2.75) is 31.5 Å². The van der Waals surface area contributed by atoms with Gasteiger partial charge in [0.25, 0.3) is 0 Å². The summed E-state index contributed by atoms with van der Waals surface area (Å²) in [6.07, 6.45) is 4.83. The molecule has 8 heteroatoms. The van der Waals surface area contributed by atoms with Gasteiger partial charge in [-0.15, -0.1) is 10.2 Å². The van der Waals surface area contributed by atoms with Crippen LogP contribution in [0.4, 0.5) is 4.39 Å². The molecule has 3 aromatic rings. The maximum atomic E-state index is 13.6. The predicted octanol–water partition coefficient (Wildman–Crippen LogP) is 3.34. The smallest absolute Gasteiger partial charge is 0.230 e. The Hall–Kier alpha value is -2.74. The number of halogens is 1. The van der Waals surface area contributed by atoms with Crippen molar-refractivity contribution in [1.82, 2.24) is 25.1 Å². The number of pyridine rings is 1. The van der Waals surface area contributed by atoms with Crippen LogP contribution >= 0.6 is 11.8 Å². The Kier molecular flexibility index (Phi) is 7.13. The minimum Gasteiger partial charge on any atom is -0.355 e. The van der Waals surface area contributed by atoms with E-state index in [9.17, 15) is 9.18 Å². The first kappa shape index (κ1) is 20.0. The van der Waals surface area contributed by atoms with Gasteiger partial charge in [0.15, 0.2) is 11.0 Å².